The van der Waals surface area contributed by atoms with Crippen molar-refractivity contribution < 1.29 is 22.9 Å². The number of anilines is 2. The zero-order valence-electron chi connectivity index (χ0n) is 30.1. The highest BCUT2D eigenvalue weighted by Crippen LogP contribution is 2.46. The minimum Gasteiger partial charge on any atom is -0.376 e. The summed E-state index contributed by atoms with van der Waals surface area (Å²) in [6.07, 6.45) is 12.7. The van der Waals surface area contributed by atoms with E-state index >= 15 is 0 Å². The van der Waals surface area contributed by atoms with E-state index in [4.69, 9.17) is 0 Å². The van der Waals surface area contributed by atoms with E-state index < -0.39 is 26.5 Å². The third kappa shape index (κ3) is 10.2. The Kier molecular flexibility index (Phi) is 12.9. The van der Waals surface area contributed by atoms with Gasteiger partial charge in [0.05, 0.1) is 9.82 Å². The summed E-state index contributed by atoms with van der Waals surface area (Å²) >= 11 is 1.60. The summed E-state index contributed by atoms with van der Waals surface area (Å²) < 4.78 is 28.8. The van der Waals surface area contributed by atoms with Crippen LogP contribution in [0.25, 0.3) is 0 Å². The molecule has 4 aromatic rings. The molecule has 2 amide bonds. The lowest BCUT2D eigenvalue weighted by atomic mass is 9.77. The van der Waals surface area contributed by atoms with Crippen molar-refractivity contribution in [3.05, 3.63) is 119 Å². The molecule has 3 N–H and O–H groups in total. The number of nitro groups is 1. The minimum atomic E-state index is -4.43. The molecule has 2 heterocycles. The number of unbranched alkanes of at least 4 members (excludes halogenated alkanes) is 1. The molecule has 1 saturated heterocycles. The predicted molar refractivity (Wildman–Crippen MR) is 212 cm³/mol. The van der Waals surface area contributed by atoms with Crippen LogP contribution in [0.4, 0.5) is 17.1 Å². The van der Waals surface area contributed by atoms with Crippen LogP contribution in [0, 0.1) is 15.5 Å². The summed E-state index contributed by atoms with van der Waals surface area (Å²) in [5.41, 5.74) is 1.93. The molecule has 1 saturated carbocycles. The van der Waals surface area contributed by atoms with Gasteiger partial charge < -0.3 is 15.5 Å². The third-order valence-electron chi connectivity index (χ3n) is 10.4. The number of carbonyl (C=O) groups is 2. The van der Waals surface area contributed by atoms with Crippen molar-refractivity contribution in [3.63, 3.8) is 0 Å². The molecule has 1 spiro atoms. The average molecular weight is 771 g/mol. The molecular weight excluding hydrogens is 725 g/mol. The molecule has 3 aromatic carbocycles. The Balaban J connectivity index is 1.08. The second kappa shape index (κ2) is 17.9. The van der Waals surface area contributed by atoms with Gasteiger partial charge in [0.25, 0.3) is 27.5 Å². The van der Waals surface area contributed by atoms with Crippen molar-refractivity contribution >= 4 is 50.7 Å². The Labute approximate surface area is 320 Å². The van der Waals surface area contributed by atoms with Crippen LogP contribution in [0.1, 0.15) is 78.5 Å². The SMILES string of the molecule is O=C(NCCCC[C@H](CSc1ccccc1)Nc1ccc(S(=O)(=O)NC(=O)c2ccc(N3CCC4(CCCC4)CC3)cc2)cc1[N+](=O)[O-])c1ccncc1. The number of amides is 2. The molecule has 1 aliphatic heterocycles. The third-order valence-corrected chi connectivity index (χ3v) is 13.0. The summed E-state index contributed by atoms with van der Waals surface area (Å²) in [4.78, 5) is 44.0. The molecule has 6 rings (SSSR count). The highest BCUT2D eigenvalue weighted by atomic mass is 32.2. The fourth-order valence-electron chi connectivity index (χ4n) is 7.33. The van der Waals surface area contributed by atoms with E-state index in [2.05, 4.69) is 25.2 Å². The van der Waals surface area contributed by atoms with Crippen molar-refractivity contribution in [2.45, 2.75) is 73.6 Å². The number of nitrogens with one attached hydrogen (secondary N) is 3. The number of hydrogen-bond donors (Lipinski definition) is 3. The number of thioether (sulfide) groups is 1. The van der Waals surface area contributed by atoms with Crippen molar-refractivity contribution in [1.82, 2.24) is 15.0 Å². The van der Waals surface area contributed by atoms with Crippen LogP contribution in [0.5, 0.6) is 0 Å². The Morgan fingerprint density at radius 2 is 1.56 bits per heavy atom. The molecule has 0 unspecified atom stereocenters. The normalized spacial score (nSPS) is 15.7. The molecule has 1 atom stereocenters. The van der Waals surface area contributed by atoms with Gasteiger partial charge >= 0.3 is 0 Å². The number of hydrogen-bond acceptors (Lipinski definition) is 10. The summed E-state index contributed by atoms with van der Waals surface area (Å²) in [5.74, 6) is -0.418. The summed E-state index contributed by atoms with van der Waals surface area (Å²) in [6.45, 7) is 2.38. The van der Waals surface area contributed by atoms with Crippen LogP contribution in [-0.4, -0.2) is 61.6 Å². The summed E-state index contributed by atoms with van der Waals surface area (Å²) in [6, 6.07) is 23.4. The molecule has 14 heteroatoms. The van der Waals surface area contributed by atoms with Crippen LogP contribution in [0.15, 0.2) is 107 Å². The fourth-order valence-corrected chi connectivity index (χ4v) is 9.32. The predicted octanol–water partition coefficient (Wildman–Crippen LogP) is 7.44. The zero-order chi connectivity index (χ0) is 38.0. The van der Waals surface area contributed by atoms with E-state index in [0.29, 0.717) is 36.1 Å². The number of sulfonamides is 1. The van der Waals surface area contributed by atoms with Gasteiger partial charge in [0.2, 0.25) is 0 Å². The zero-order valence-corrected chi connectivity index (χ0v) is 31.7. The molecule has 1 aromatic heterocycles. The van der Waals surface area contributed by atoms with Crippen molar-refractivity contribution in [2.24, 2.45) is 5.41 Å². The van der Waals surface area contributed by atoms with Gasteiger partial charge in [-0.2, -0.15) is 0 Å². The standard InChI is InChI=1S/C40H46N6O6S2/c47-38(31-17-24-41-25-18-31)42-23-7-4-8-32(29-53-34-9-2-1-3-10-34)43-36-16-15-35(28-37(36)46(49)50)54(51,52)44-39(48)30-11-13-33(14-12-30)45-26-21-40(22-27-45)19-5-6-20-40/h1-3,9-18,24-25,28,32,43H,4-8,19-23,26-27,29H2,(H,42,47)(H,44,48)/t32-/m1/s1. The lowest BCUT2D eigenvalue weighted by molar-refractivity contribution is -0.384. The molecular formula is C40H46N6O6S2. The number of rotatable bonds is 16. The molecule has 284 valence electrons. The first kappa shape index (κ1) is 38.8. The first-order chi connectivity index (χ1) is 26.1. The van der Waals surface area contributed by atoms with E-state index in [9.17, 15) is 28.1 Å². The van der Waals surface area contributed by atoms with E-state index in [1.165, 1.54) is 37.8 Å². The van der Waals surface area contributed by atoms with Gasteiger partial charge in [-0.05, 0) is 111 Å². The summed E-state index contributed by atoms with van der Waals surface area (Å²) in [5, 5.41) is 18.4. The first-order valence-electron chi connectivity index (χ1n) is 18.4. The average Bonchev–Trinajstić information content (AvgIpc) is 3.65. The van der Waals surface area contributed by atoms with Crippen LogP contribution in [0.2, 0.25) is 0 Å². The highest BCUT2D eigenvalue weighted by molar-refractivity contribution is 7.99. The number of nitrogens with zero attached hydrogens (tertiary/aromatic N) is 3. The molecule has 2 aliphatic rings. The Bertz CT molecular complexity index is 2000. The lowest BCUT2D eigenvalue weighted by Crippen LogP contribution is -2.38. The van der Waals surface area contributed by atoms with E-state index in [1.807, 2.05) is 42.5 Å². The molecule has 2 fully saturated rings. The van der Waals surface area contributed by atoms with Gasteiger partial charge in [0.15, 0.2) is 0 Å². The fraction of sp³-hybridized carbons (Fsp3) is 0.375. The topological polar surface area (TPSA) is 164 Å². The monoisotopic (exact) mass is 770 g/mol. The minimum absolute atomic E-state index is 0.169. The Morgan fingerprint density at radius 1 is 0.870 bits per heavy atom. The lowest BCUT2D eigenvalue weighted by Gasteiger charge is -2.40. The number of nitro benzene ring substituents is 1. The van der Waals surface area contributed by atoms with Crippen LogP contribution < -0.4 is 20.3 Å². The molecule has 12 nitrogen and oxygen atoms in total. The number of piperidine rings is 1. The van der Waals surface area contributed by atoms with Crippen LogP contribution >= 0.6 is 11.8 Å². The first-order valence-corrected chi connectivity index (χ1v) is 20.9. The number of carbonyl (C=O) groups excluding carboxylic acids is 2. The van der Waals surface area contributed by atoms with Crippen molar-refractivity contribution in [3.8, 4) is 0 Å². The molecule has 54 heavy (non-hydrogen) atoms. The van der Waals surface area contributed by atoms with Gasteiger partial charge in [0, 0.05) is 71.6 Å². The van der Waals surface area contributed by atoms with E-state index in [0.717, 1.165) is 49.0 Å². The van der Waals surface area contributed by atoms with Crippen LogP contribution in [0.3, 0.4) is 0 Å². The van der Waals surface area contributed by atoms with Crippen LogP contribution in [-0.2, 0) is 10.0 Å². The molecule has 0 bridgehead atoms. The van der Waals surface area contributed by atoms with Gasteiger partial charge in [0.1, 0.15) is 5.69 Å². The maximum Gasteiger partial charge on any atom is 0.293 e. The Hall–Kier alpha value is -4.95. The largest absolute Gasteiger partial charge is 0.376 e. The van der Waals surface area contributed by atoms with E-state index in [1.54, 1.807) is 48.4 Å². The maximum atomic E-state index is 13.3. The van der Waals surface area contributed by atoms with Crippen molar-refractivity contribution in [2.75, 3.05) is 35.6 Å². The second-order valence-electron chi connectivity index (χ2n) is 14.1. The molecule has 0 radical (unpaired) electrons. The quantitative estimate of drug-likeness (QED) is 0.0452. The second-order valence-corrected chi connectivity index (χ2v) is 16.8. The smallest absolute Gasteiger partial charge is 0.293 e. The summed E-state index contributed by atoms with van der Waals surface area (Å²) in [7, 11) is -4.43. The molecule has 1 aliphatic carbocycles. The highest BCUT2D eigenvalue weighted by Gasteiger charge is 2.37. The van der Waals surface area contributed by atoms with Gasteiger partial charge in [-0.25, -0.2) is 13.1 Å². The maximum absolute atomic E-state index is 13.3. The van der Waals surface area contributed by atoms with Gasteiger partial charge in [-0.15, -0.1) is 11.8 Å². The van der Waals surface area contributed by atoms with Crippen molar-refractivity contribution in [1.29, 1.82) is 0 Å². The number of benzene rings is 3. The number of aromatic nitrogens is 1. The number of pyridine rings is 1. The Morgan fingerprint density at radius 3 is 2.24 bits per heavy atom. The van der Waals surface area contributed by atoms with Gasteiger partial charge in [-0.1, -0.05) is 31.0 Å². The van der Waals surface area contributed by atoms with E-state index in [-0.39, 0.29) is 28.1 Å². The van der Waals surface area contributed by atoms with Gasteiger partial charge in [-0.3, -0.25) is 24.7 Å².